The van der Waals surface area contributed by atoms with Crippen LogP contribution in [0.1, 0.15) is 35.6 Å². The highest BCUT2D eigenvalue weighted by Gasteiger charge is 2.24. The zero-order chi connectivity index (χ0) is 12.4. The van der Waals surface area contributed by atoms with Gasteiger partial charge < -0.3 is 15.2 Å². The van der Waals surface area contributed by atoms with Gasteiger partial charge in [0.25, 0.3) is 0 Å². The van der Waals surface area contributed by atoms with Crippen molar-refractivity contribution >= 4 is 0 Å². The number of methoxy groups -OCH3 is 1. The maximum Gasteiger partial charge on any atom is 0.124 e. The van der Waals surface area contributed by atoms with Gasteiger partial charge in [-0.15, -0.1) is 0 Å². The van der Waals surface area contributed by atoms with Gasteiger partial charge in [-0.2, -0.15) is 0 Å². The van der Waals surface area contributed by atoms with Crippen LogP contribution in [-0.4, -0.2) is 24.8 Å². The number of nitrogens with one attached hydrogen (secondary N) is 1. The van der Waals surface area contributed by atoms with E-state index in [0.29, 0.717) is 0 Å². The summed E-state index contributed by atoms with van der Waals surface area (Å²) in [6.45, 7) is 5.05. The van der Waals surface area contributed by atoms with E-state index in [1.807, 2.05) is 26.0 Å². The predicted octanol–water partition coefficient (Wildman–Crippen LogP) is 2.10. The number of hydrogen-bond donors (Lipinski definition) is 2. The molecule has 1 aliphatic heterocycles. The zero-order valence-corrected chi connectivity index (χ0v) is 10.8. The largest absolute Gasteiger partial charge is 0.496 e. The summed E-state index contributed by atoms with van der Waals surface area (Å²) in [6, 6.07) is 4.25. The molecule has 2 atom stereocenters. The van der Waals surface area contributed by atoms with E-state index in [1.165, 1.54) is 0 Å². The maximum absolute atomic E-state index is 10.3. The Morgan fingerprint density at radius 1 is 1.35 bits per heavy atom. The average Bonchev–Trinajstić information content (AvgIpc) is 2.81. The molecule has 0 radical (unpaired) electrons. The topological polar surface area (TPSA) is 41.5 Å². The van der Waals surface area contributed by atoms with Gasteiger partial charge in [-0.25, -0.2) is 0 Å². The molecule has 2 rings (SSSR count). The lowest BCUT2D eigenvalue weighted by atomic mass is 9.97. The Labute approximate surface area is 103 Å². The van der Waals surface area contributed by atoms with Crippen LogP contribution in [0, 0.1) is 13.8 Å². The first-order valence-corrected chi connectivity index (χ1v) is 6.20. The minimum Gasteiger partial charge on any atom is -0.496 e. The predicted molar refractivity (Wildman–Crippen MR) is 68.5 cm³/mol. The summed E-state index contributed by atoms with van der Waals surface area (Å²) in [5, 5.41) is 13.7. The highest BCUT2D eigenvalue weighted by atomic mass is 16.5. The van der Waals surface area contributed by atoms with Gasteiger partial charge in [-0.3, -0.25) is 0 Å². The monoisotopic (exact) mass is 235 g/mol. The van der Waals surface area contributed by atoms with Gasteiger partial charge in [0, 0.05) is 6.04 Å². The van der Waals surface area contributed by atoms with E-state index in [-0.39, 0.29) is 6.04 Å². The Kier molecular flexibility index (Phi) is 3.69. The summed E-state index contributed by atoms with van der Waals surface area (Å²) in [5.41, 5.74) is 3.15. The minimum atomic E-state index is -0.416. The fraction of sp³-hybridized carbons (Fsp3) is 0.571. The summed E-state index contributed by atoms with van der Waals surface area (Å²) in [6.07, 6.45) is 1.78. The molecule has 0 saturated carbocycles. The van der Waals surface area contributed by atoms with Crippen LogP contribution in [0.15, 0.2) is 12.1 Å². The first-order valence-electron chi connectivity index (χ1n) is 6.20. The third-order valence-electron chi connectivity index (χ3n) is 3.51. The SMILES string of the molecule is COc1c(C)cc([C@@H](O)[C@@H]2CCCN2)cc1C. The van der Waals surface area contributed by atoms with Crippen LogP contribution < -0.4 is 10.1 Å². The molecule has 1 fully saturated rings. The van der Waals surface area contributed by atoms with Crippen LogP contribution in [0.2, 0.25) is 0 Å². The lowest BCUT2D eigenvalue weighted by Crippen LogP contribution is -2.28. The van der Waals surface area contributed by atoms with Gasteiger partial charge in [0.1, 0.15) is 5.75 Å². The quantitative estimate of drug-likeness (QED) is 0.843. The van der Waals surface area contributed by atoms with Crippen molar-refractivity contribution in [3.63, 3.8) is 0 Å². The van der Waals surface area contributed by atoms with Crippen LogP contribution in [0.3, 0.4) is 0 Å². The van der Waals surface area contributed by atoms with Crippen molar-refractivity contribution in [1.29, 1.82) is 0 Å². The smallest absolute Gasteiger partial charge is 0.124 e. The molecule has 1 aromatic rings. The molecular weight excluding hydrogens is 214 g/mol. The lowest BCUT2D eigenvalue weighted by molar-refractivity contribution is 0.137. The first kappa shape index (κ1) is 12.4. The number of aliphatic hydroxyl groups excluding tert-OH is 1. The molecule has 94 valence electrons. The first-order chi connectivity index (χ1) is 8.13. The van der Waals surface area contributed by atoms with Gasteiger partial charge in [0.15, 0.2) is 0 Å². The number of hydrogen-bond acceptors (Lipinski definition) is 3. The van der Waals surface area contributed by atoms with Crippen molar-refractivity contribution in [2.24, 2.45) is 0 Å². The van der Waals surface area contributed by atoms with Gasteiger partial charge in [-0.05, 0) is 62.1 Å². The molecule has 0 aromatic heterocycles. The van der Waals surface area contributed by atoms with E-state index in [1.54, 1.807) is 7.11 Å². The molecule has 17 heavy (non-hydrogen) atoms. The second kappa shape index (κ2) is 5.07. The van der Waals surface area contributed by atoms with Crippen LogP contribution in [0.25, 0.3) is 0 Å². The lowest BCUT2D eigenvalue weighted by Gasteiger charge is -2.20. The number of aliphatic hydroxyl groups is 1. The highest BCUT2D eigenvalue weighted by molar-refractivity contribution is 5.44. The molecule has 0 amide bonds. The van der Waals surface area contributed by atoms with Crippen molar-refractivity contribution in [3.05, 3.63) is 28.8 Å². The van der Waals surface area contributed by atoms with Gasteiger partial charge in [-0.1, -0.05) is 0 Å². The fourth-order valence-electron chi connectivity index (χ4n) is 2.69. The summed E-state index contributed by atoms with van der Waals surface area (Å²) < 4.78 is 5.34. The number of rotatable bonds is 3. The Bertz CT molecular complexity index is 374. The van der Waals surface area contributed by atoms with Crippen molar-refractivity contribution in [3.8, 4) is 5.75 Å². The summed E-state index contributed by atoms with van der Waals surface area (Å²) in [7, 11) is 1.68. The number of ether oxygens (including phenoxy) is 1. The van der Waals surface area contributed by atoms with Crippen molar-refractivity contribution in [2.75, 3.05) is 13.7 Å². The highest BCUT2D eigenvalue weighted by Crippen LogP contribution is 2.30. The Morgan fingerprint density at radius 3 is 2.47 bits per heavy atom. The van der Waals surface area contributed by atoms with E-state index in [9.17, 15) is 5.11 Å². The Hall–Kier alpha value is -1.06. The molecule has 1 aliphatic rings. The molecule has 0 bridgehead atoms. The average molecular weight is 235 g/mol. The summed E-state index contributed by atoms with van der Waals surface area (Å²) in [5.74, 6) is 0.917. The van der Waals surface area contributed by atoms with Crippen molar-refractivity contribution in [1.82, 2.24) is 5.32 Å². The third kappa shape index (κ3) is 2.45. The molecule has 1 heterocycles. The van der Waals surface area contributed by atoms with E-state index < -0.39 is 6.10 Å². The second-order valence-electron chi connectivity index (χ2n) is 4.84. The van der Waals surface area contributed by atoms with E-state index >= 15 is 0 Å². The summed E-state index contributed by atoms with van der Waals surface area (Å²) >= 11 is 0. The maximum atomic E-state index is 10.3. The van der Waals surface area contributed by atoms with Crippen molar-refractivity contribution in [2.45, 2.75) is 38.8 Å². The Balaban J connectivity index is 2.26. The molecule has 1 saturated heterocycles. The van der Waals surface area contributed by atoms with Crippen LogP contribution in [0.4, 0.5) is 0 Å². The third-order valence-corrected chi connectivity index (χ3v) is 3.51. The molecule has 0 aliphatic carbocycles. The Morgan fingerprint density at radius 2 is 2.00 bits per heavy atom. The van der Waals surface area contributed by atoms with Crippen LogP contribution >= 0.6 is 0 Å². The molecule has 0 unspecified atom stereocenters. The van der Waals surface area contributed by atoms with Crippen molar-refractivity contribution < 1.29 is 9.84 Å². The number of aryl methyl sites for hydroxylation is 2. The van der Waals surface area contributed by atoms with E-state index in [4.69, 9.17) is 4.74 Å². The zero-order valence-electron chi connectivity index (χ0n) is 10.8. The fourth-order valence-corrected chi connectivity index (χ4v) is 2.69. The molecule has 3 heteroatoms. The second-order valence-corrected chi connectivity index (χ2v) is 4.84. The minimum absolute atomic E-state index is 0.196. The van der Waals surface area contributed by atoms with E-state index in [2.05, 4.69) is 5.32 Å². The van der Waals surface area contributed by atoms with Gasteiger partial charge in [0.2, 0.25) is 0 Å². The van der Waals surface area contributed by atoms with Crippen LogP contribution in [-0.2, 0) is 0 Å². The molecular formula is C14H21NO2. The molecule has 2 N–H and O–H groups in total. The van der Waals surface area contributed by atoms with Gasteiger partial charge >= 0.3 is 0 Å². The number of benzene rings is 1. The normalized spacial score (nSPS) is 21.5. The molecule has 1 aromatic carbocycles. The standard InChI is InChI=1S/C14H21NO2/c1-9-7-11(8-10(2)14(9)17-3)13(16)12-5-4-6-15-12/h7-8,12-13,15-16H,4-6H2,1-3H3/t12-,13+/m0/s1. The summed E-state index contributed by atoms with van der Waals surface area (Å²) in [4.78, 5) is 0. The van der Waals surface area contributed by atoms with Gasteiger partial charge in [0.05, 0.1) is 13.2 Å². The molecule has 3 nitrogen and oxygen atoms in total. The van der Waals surface area contributed by atoms with Crippen LogP contribution in [0.5, 0.6) is 5.75 Å². The molecule has 0 spiro atoms. The van der Waals surface area contributed by atoms with E-state index in [0.717, 1.165) is 41.8 Å².